The molecule has 3 rings (SSSR count). The zero-order valence-corrected chi connectivity index (χ0v) is 18.6. The van der Waals surface area contributed by atoms with Crippen LogP contribution in [-0.2, 0) is 14.9 Å². The van der Waals surface area contributed by atoms with Crippen LogP contribution in [0.3, 0.4) is 0 Å². The van der Waals surface area contributed by atoms with Gasteiger partial charge in [0.05, 0.1) is 0 Å². The maximum absolute atomic E-state index is 13.8. The van der Waals surface area contributed by atoms with Gasteiger partial charge in [0.15, 0.2) is 11.2 Å². The first-order valence-corrected chi connectivity index (χ1v) is 11.3. The topological polar surface area (TPSA) is 43.4 Å². The fourth-order valence-electron chi connectivity index (χ4n) is 4.90. The molecule has 0 amide bonds. The van der Waals surface area contributed by atoms with Crippen LogP contribution in [0.5, 0.6) is 0 Å². The van der Waals surface area contributed by atoms with Crippen LogP contribution >= 0.6 is 0 Å². The lowest BCUT2D eigenvalue weighted by atomic mass is 9.71. The third-order valence-electron chi connectivity index (χ3n) is 6.79. The summed E-state index contributed by atoms with van der Waals surface area (Å²) < 4.78 is 6.23. The quantitative estimate of drug-likeness (QED) is 0.311. The molecule has 30 heavy (non-hydrogen) atoms. The standard InChI is InChI=1S/C27H34O3/c1-5-27(22-14-10-7-11-15-22,25(28)21-12-8-6-9-13-21)26(29)30-24-18-20(4)16-17-23(24)19(2)3/h6-15,19-20,23-24H,5,16-18H2,1-4H3/t20-,23-,24-,27+/m1/s1. The molecular weight excluding hydrogens is 372 g/mol. The lowest BCUT2D eigenvalue weighted by molar-refractivity contribution is -0.161. The summed E-state index contributed by atoms with van der Waals surface area (Å²) in [4.78, 5) is 27.6. The Labute approximate surface area is 180 Å². The highest BCUT2D eigenvalue weighted by atomic mass is 16.5. The Hall–Kier alpha value is -2.42. The molecule has 3 heteroatoms. The Morgan fingerprint density at radius 3 is 2.17 bits per heavy atom. The summed E-state index contributed by atoms with van der Waals surface area (Å²) in [5.74, 6) is 0.701. The van der Waals surface area contributed by atoms with E-state index in [9.17, 15) is 9.59 Å². The van der Waals surface area contributed by atoms with Crippen molar-refractivity contribution in [3.05, 3.63) is 71.8 Å². The lowest BCUT2D eigenvalue weighted by Crippen LogP contribution is -2.48. The molecule has 0 spiro atoms. The first-order chi connectivity index (χ1) is 14.4. The Bertz CT molecular complexity index is 843. The second-order valence-corrected chi connectivity index (χ2v) is 9.09. The third kappa shape index (κ3) is 4.35. The minimum Gasteiger partial charge on any atom is -0.461 e. The van der Waals surface area contributed by atoms with Crippen LogP contribution < -0.4 is 0 Å². The molecule has 1 aliphatic rings. The maximum atomic E-state index is 13.8. The van der Waals surface area contributed by atoms with Gasteiger partial charge in [0.25, 0.3) is 0 Å². The number of esters is 1. The summed E-state index contributed by atoms with van der Waals surface area (Å²) in [5, 5.41) is 0. The molecule has 1 fully saturated rings. The van der Waals surface area contributed by atoms with Crippen molar-refractivity contribution in [2.75, 3.05) is 0 Å². The molecule has 0 N–H and O–H groups in total. The van der Waals surface area contributed by atoms with E-state index in [0.29, 0.717) is 35.3 Å². The van der Waals surface area contributed by atoms with E-state index in [4.69, 9.17) is 4.74 Å². The summed E-state index contributed by atoms with van der Waals surface area (Å²) >= 11 is 0. The molecule has 0 aliphatic heterocycles. The van der Waals surface area contributed by atoms with Crippen molar-refractivity contribution >= 4 is 11.8 Å². The average Bonchev–Trinajstić information content (AvgIpc) is 2.76. The fraction of sp³-hybridized carbons (Fsp3) is 0.481. The monoisotopic (exact) mass is 406 g/mol. The van der Waals surface area contributed by atoms with Crippen molar-refractivity contribution < 1.29 is 14.3 Å². The van der Waals surface area contributed by atoms with Crippen molar-refractivity contribution in [2.24, 2.45) is 17.8 Å². The van der Waals surface area contributed by atoms with Gasteiger partial charge in [-0.15, -0.1) is 0 Å². The van der Waals surface area contributed by atoms with E-state index in [-0.39, 0.29) is 11.9 Å². The molecule has 3 nitrogen and oxygen atoms in total. The van der Waals surface area contributed by atoms with Crippen LogP contribution in [0.4, 0.5) is 0 Å². The summed E-state index contributed by atoms with van der Waals surface area (Å²) in [6.07, 6.45) is 3.31. The number of hydrogen-bond acceptors (Lipinski definition) is 3. The Balaban J connectivity index is 2.01. The lowest BCUT2D eigenvalue weighted by Gasteiger charge is -2.39. The van der Waals surface area contributed by atoms with Gasteiger partial charge in [-0.05, 0) is 42.6 Å². The Morgan fingerprint density at radius 2 is 1.60 bits per heavy atom. The van der Waals surface area contributed by atoms with Gasteiger partial charge in [-0.2, -0.15) is 0 Å². The minimum absolute atomic E-state index is 0.139. The van der Waals surface area contributed by atoms with Gasteiger partial charge in [0.1, 0.15) is 6.10 Å². The zero-order valence-electron chi connectivity index (χ0n) is 18.6. The molecule has 0 aromatic heterocycles. The second-order valence-electron chi connectivity index (χ2n) is 9.09. The number of Topliss-reactive ketones (excluding diaryl/α,β-unsaturated/α-hetero) is 1. The van der Waals surface area contributed by atoms with Crippen LogP contribution in [0.1, 0.15) is 69.3 Å². The zero-order chi connectivity index (χ0) is 21.7. The van der Waals surface area contributed by atoms with E-state index >= 15 is 0 Å². The van der Waals surface area contributed by atoms with Crippen molar-refractivity contribution in [2.45, 2.75) is 64.9 Å². The van der Waals surface area contributed by atoms with Gasteiger partial charge in [0, 0.05) is 5.56 Å². The van der Waals surface area contributed by atoms with Crippen molar-refractivity contribution in [1.82, 2.24) is 0 Å². The van der Waals surface area contributed by atoms with E-state index in [0.717, 1.165) is 19.3 Å². The number of rotatable bonds is 7. The number of ether oxygens (including phenoxy) is 1. The molecule has 0 heterocycles. The predicted molar refractivity (Wildman–Crippen MR) is 120 cm³/mol. The van der Waals surface area contributed by atoms with Gasteiger partial charge in [-0.25, -0.2) is 0 Å². The first kappa shape index (κ1) is 22.3. The van der Waals surface area contributed by atoms with E-state index in [2.05, 4.69) is 20.8 Å². The summed E-state index contributed by atoms with van der Waals surface area (Å²) in [6, 6.07) is 18.5. The van der Waals surface area contributed by atoms with Gasteiger partial charge in [-0.3, -0.25) is 9.59 Å². The molecule has 1 saturated carbocycles. The third-order valence-corrected chi connectivity index (χ3v) is 6.79. The number of carbonyl (C=O) groups is 2. The molecule has 160 valence electrons. The Morgan fingerprint density at radius 1 is 1.00 bits per heavy atom. The molecule has 0 bridgehead atoms. The highest BCUT2D eigenvalue weighted by molar-refractivity contribution is 6.17. The molecule has 2 aromatic carbocycles. The maximum Gasteiger partial charge on any atom is 0.324 e. The van der Waals surface area contributed by atoms with E-state index < -0.39 is 11.4 Å². The van der Waals surface area contributed by atoms with Gasteiger partial charge < -0.3 is 4.74 Å². The highest BCUT2D eigenvalue weighted by Gasteiger charge is 2.49. The van der Waals surface area contributed by atoms with E-state index in [1.807, 2.05) is 55.5 Å². The second kappa shape index (κ2) is 9.59. The first-order valence-electron chi connectivity index (χ1n) is 11.3. The minimum atomic E-state index is -1.33. The van der Waals surface area contributed by atoms with Gasteiger partial charge in [-0.1, -0.05) is 94.8 Å². The van der Waals surface area contributed by atoms with Crippen LogP contribution in [-0.4, -0.2) is 17.9 Å². The fourth-order valence-corrected chi connectivity index (χ4v) is 4.90. The largest absolute Gasteiger partial charge is 0.461 e. The number of hydrogen-bond donors (Lipinski definition) is 0. The van der Waals surface area contributed by atoms with Crippen LogP contribution in [0.15, 0.2) is 60.7 Å². The van der Waals surface area contributed by atoms with Gasteiger partial charge >= 0.3 is 5.97 Å². The molecular formula is C27H34O3. The number of benzene rings is 2. The van der Waals surface area contributed by atoms with Crippen LogP contribution in [0.2, 0.25) is 0 Å². The van der Waals surface area contributed by atoms with Crippen LogP contribution in [0.25, 0.3) is 0 Å². The molecule has 0 unspecified atom stereocenters. The smallest absolute Gasteiger partial charge is 0.324 e. The van der Waals surface area contributed by atoms with Crippen molar-refractivity contribution in [3.63, 3.8) is 0 Å². The van der Waals surface area contributed by atoms with E-state index in [1.165, 1.54) is 0 Å². The summed E-state index contributed by atoms with van der Waals surface area (Å²) in [6.45, 7) is 8.51. The average molecular weight is 407 g/mol. The highest BCUT2D eigenvalue weighted by Crippen LogP contribution is 2.39. The Kier molecular flexibility index (Phi) is 7.12. The summed E-state index contributed by atoms with van der Waals surface area (Å²) in [7, 11) is 0. The SMILES string of the molecule is CC[C@@](C(=O)O[C@@H]1C[C@H](C)CC[C@@H]1C(C)C)(C(=O)c1ccccc1)c1ccccc1. The summed E-state index contributed by atoms with van der Waals surface area (Å²) in [5.41, 5.74) is -0.0842. The van der Waals surface area contributed by atoms with Gasteiger partial charge in [0.2, 0.25) is 0 Å². The van der Waals surface area contributed by atoms with Crippen LogP contribution in [0, 0.1) is 17.8 Å². The molecule has 1 aliphatic carbocycles. The number of ketones is 1. The van der Waals surface area contributed by atoms with Crippen molar-refractivity contribution in [3.8, 4) is 0 Å². The molecule has 4 atom stereocenters. The van der Waals surface area contributed by atoms with E-state index in [1.54, 1.807) is 12.1 Å². The molecule has 2 aromatic rings. The molecule has 0 radical (unpaired) electrons. The predicted octanol–water partition coefficient (Wildman–Crippen LogP) is 6.22. The van der Waals surface area contributed by atoms with Crippen molar-refractivity contribution in [1.29, 1.82) is 0 Å². The normalized spacial score (nSPS) is 23.6. The molecule has 0 saturated heterocycles. The number of carbonyl (C=O) groups excluding carboxylic acids is 2.